The second-order valence-electron chi connectivity index (χ2n) is 7.16. The van der Waals surface area contributed by atoms with Crippen LogP contribution in [0, 0.1) is 0 Å². The molecule has 0 saturated carbocycles. The SMILES string of the molecule is CCOC(=O)COc1ccccc1C1=C(C(=O)OC)C(C)=NC2SC(=Cc3cccs3)C(=O)N12. The van der Waals surface area contributed by atoms with Crippen molar-refractivity contribution in [1.29, 1.82) is 0 Å². The number of ether oxygens (including phenoxy) is 3. The molecular formula is C24H22N2O6S2. The van der Waals surface area contributed by atoms with Gasteiger partial charge < -0.3 is 14.2 Å². The van der Waals surface area contributed by atoms with Crippen LogP contribution < -0.4 is 4.74 Å². The van der Waals surface area contributed by atoms with E-state index < -0.39 is 17.4 Å². The van der Waals surface area contributed by atoms with Gasteiger partial charge in [0.25, 0.3) is 5.91 Å². The summed E-state index contributed by atoms with van der Waals surface area (Å²) in [5.41, 5.74) is 0.826. The van der Waals surface area contributed by atoms with Crippen molar-refractivity contribution < 1.29 is 28.6 Å². The first kappa shape index (κ1) is 23.8. The Hall–Kier alpha value is -3.37. The van der Waals surface area contributed by atoms with Crippen molar-refractivity contribution in [3.05, 3.63) is 62.7 Å². The van der Waals surface area contributed by atoms with Crippen molar-refractivity contribution >= 4 is 58.4 Å². The van der Waals surface area contributed by atoms with E-state index in [4.69, 9.17) is 14.2 Å². The Morgan fingerprint density at radius 3 is 2.71 bits per heavy atom. The summed E-state index contributed by atoms with van der Waals surface area (Å²) in [6, 6.07) is 10.7. The van der Waals surface area contributed by atoms with Crippen LogP contribution in [0.15, 0.2) is 57.2 Å². The average Bonchev–Trinajstić information content (AvgIpc) is 3.45. The molecule has 0 aliphatic carbocycles. The van der Waals surface area contributed by atoms with E-state index >= 15 is 0 Å². The van der Waals surface area contributed by atoms with Crippen LogP contribution in [0.4, 0.5) is 0 Å². The van der Waals surface area contributed by atoms with E-state index in [9.17, 15) is 14.4 Å². The van der Waals surface area contributed by atoms with E-state index in [-0.39, 0.29) is 24.7 Å². The highest BCUT2D eigenvalue weighted by Gasteiger charge is 2.44. The normalized spacial score (nSPS) is 18.6. The molecule has 1 fully saturated rings. The zero-order valence-electron chi connectivity index (χ0n) is 18.8. The maximum Gasteiger partial charge on any atom is 0.344 e. The molecule has 2 aromatic rings. The highest BCUT2D eigenvalue weighted by molar-refractivity contribution is 8.05. The smallest absolute Gasteiger partial charge is 0.344 e. The van der Waals surface area contributed by atoms with Crippen LogP contribution in [0.3, 0.4) is 0 Å². The summed E-state index contributed by atoms with van der Waals surface area (Å²) >= 11 is 2.83. The number of hydrogen-bond acceptors (Lipinski definition) is 9. The van der Waals surface area contributed by atoms with Gasteiger partial charge in [-0.25, -0.2) is 9.59 Å². The van der Waals surface area contributed by atoms with Crippen molar-refractivity contribution in [2.45, 2.75) is 19.3 Å². The number of aliphatic imine (C=N–C) groups is 1. The highest BCUT2D eigenvalue weighted by Crippen LogP contribution is 2.47. The molecule has 0 N–H and O–H groups in total. The largest absolute Gasteiger partial charge is 0.481 e. The molecule has 1 unspecified atom stereocenters. The minimum atomic E-state index is -0.622. The van der Waals surface area contributed by atoms with Gasteiger partial charge in [-0.15, -0.1) is 11.3 Å². The van der Waals surface area contributed by atoms with E-state index in [1.54, 1.807) is 38.1 Å². The predicted molar refractivity (Wildman–Crippen MR) is 131 cm³/mol. The molecule has 0 spiro atoms. The first-order valence-corrected chi connectivity index (χ1v) is 12.2. The number of methoxy groups -OCH3 is 1. The lowest BCUT2D eigenvalue weighted by Crippen LogP contribution is -2.37. The van der Waals surface area contributed by atoms with Crippen molar-refractivity contribution in [3.63, 3.8) is 0 Å². The number of carbonyl (C=O) groups excluding carboxylic acids is 3. The lowest BCUT2D eigenvalue weighted by molar-refractivity contribution is -0.145. The third kappa shape index (κ3) is 4.64. The number of fused-ring (bicyclic) bond motifs is 1. The summed E-state index contributed by atoms with van der Waals surface area (Å²) in [5.74, 6) is -1.10. The number of nitrogens with zero attached hydrogens (tertiary/aromatic N) is 2. The monoisotopic (exact) mass is 498 g/mol. The number of thioether (sulfide) groups is 1. The van der Waals surface area contributed by atoms with E-state index in [0.29, 0.717) is 27.6 Å². The summed E-state index contributed by atoms with van der Waals surface area (Å²) in [6.07, 6.45) is 1.82. The molecule has 4 rings (SSSR count). The number of amides is 1. The molecule has 3 heterocycles. The Morgan fingerprint density at radius 2 is 2.00 bits per heavy atom. The molecule has 0 bridgehead atoms. The Balaban J connectivity index is 1.81. The molecule has 10 heteroatoms. The molecule has 34 heavy (non-hydrogen) atoms. The van der Waals surface area contributed by atoms with Crippen molar-refractivity contribution in [1.82, 2.24) is 4.90 Å². The molecular weight excluding hydrogens is 476 g/mol. The van der Waals surface area contributed by atoms with Crippen LogP contribution >= 0.6 is 23.1 Å². The van der Waals surface area contributed by atoms with Gasteiger partial charge in [0.15, 0.2) is 12.1 Å². The maximum absolute atomic E-state index is 13.5. The quantitative estimate of drug-likeness (QED) is 0.421. The Bertz CT molecular complexity index is 1220. The topological polar surface area (TPSA) is 94.5 Å². The molecule has 1 aromatic heterocycles. The van der Waals surface area contributed by atoms with Gasteiger partial charge in [-0.05, 0) is 43.5 Å². The van der Waals surface area contributed by atoms with Crippen molar-refractivity contribution in [3.8, 4) is 5.75 Å². The van der Waals surface area contributed by atoms with Crippen LogP contribution in [0.2, 0.25) is 0 Å². The van der Waals surface area contributed by atoms with Gasteiger partial charge >= 0.3 is 11.9 Å². The summed E-state index contributed by atoms with van der Waals surface area (Å²) in [7, 11) is 1.28. The number of thiophene rings is 1. The summed E-state index contributed by atoms with van der Waals surface area (Å²) in [4.78, 5) is 45.8. The first-order chi connectivity index (χ1) is 16.4. The van der Waals surface area contributed by atoms with Crippen LogP contribution in [0.1, 0.15) is 24.3 Å². The van der Waals surface area contributed by atoms with Gasteiger partial charge in [0.2, 0.25) is 0 Å². The van der Waals surface area contributed by atoms with Crippen molar-refractivity contribution in [2.24, 2.45) is 4.99 Å². The van der Waals surface area contributed by atoms with E-state index in [2.05, 4.69) is 4.99 Å². The zero-order chi connectivity index (χ0) is 24.2. The molecule has 1 amide bonds. The number of carbonyl (C=O) groups is 3. The van der Waals surface area contributed by atoms with E-state index in [0.717, 1.165) is 4.88 Å². The first-order valence-electron chi connectivity index (χ1n) is 10.4. The number of hydrogen-bond donors (Lipinski definition) is 0. The summed E-state index contributed by atoms with van der Waals surface area (Å²) in [6.45, 7) is 3.34. The van der Waals surface area contributed by atoms with Gasteiger partial charge in [0.05, 0.1) is 30.0 Å². The molecule has 8 nitrogen and oxygen atoms in total. The van der Waals surface area contributed by atoms with Gasteiger partial charge in [0, 0.05) is 10.4 Å². The fourth-order valence-electron chi connectivity index (χ4n) is 3.59. The van der Waals surface area contributed by atoms with Gasteiger partial charge in [0.1, 0.15) is 11.3 Å². The number of benzene rings is 1. The molecule has 0 radical (unpaired) electrons. The second-order valence-corrected chi connectivity index (χ2v) is 9.24. The van der Waals surface area contributed by atoms with Crippen molar-refractivity contribution in [2.75, 3.05) is 20.3 Å². The molecule has 2 aliphatic rings. The third-order valence-corrected chi connectivity index (χ3v) is 6.92. The van der Waals surface area contributed by atoms with E-state index in [1.165, 1.54) is 35.1 Å². The zero-order valence-corrected chi connectivity index (χ0v) is 20.4. The Kier molecular flexibility index (Phi) is 7.18. The fraction of sp³-hybridized carbons (Fsp3) is 0.250. The number of rotatable bonds is 7. The van der Waals surface area contributed by atoms with Gasteiger partial charge in [-0.2, -0.15) is 0 Å². The summed E-state index contributed by atoms with van der Waals surface area (Å²) < 4.78 is 15.7. The van der Waals surface area contributed by atoms with E-state index in [1.807, 2.05) is 23.6 Å². The Labute approximate surface area is 204 Å². The minimum Gasteiger partial charge on any atom is -0.481 e. The molecule has 176 valence electrons. The van der Waals surface area contributed by atoms with Gasteiger partial charge in [-0.1, -0.05) is 30.0 Å². The molecule has 1 saturated heterocycles. The van der Waals surface area contributed by atoms with Crippen LogP contribution in [-0.2, 0) is 23.9 Å². The lowest BCUT2D eigenvalue weighted by atomic mass is 9.99. The minimum absolute atomic E-state index is 0.164. The average molecular weight is 499 g/mol. The predicted octanol–water partition coefficient (Wildman–Crippen LogP) is 3.95. The number of para-hydroxylation sites is 1. The van der Waals surface area contributed by atoms with Gasteiger partial charge in [-0.3, -0.25) is 14.7 Å². The highest BCUT2D eigenvalue weighted by atomic mass is 32.2. The molecule has 1 aromatic carbocycles. The van der Waals surface area contributed by atoms with Crippen LogP contribution in [0.5, 0.6) is 5.75 Å². The lowest BCUT2D eigenvalue weighted by Gasteiger charge is -2.31. The summed E-state index contributed by atoms with van der Waals surface area (Å²) in [5, 5.41) is 1.93. The molecule has 2 aliphatic heterocycles. The third-order valence-electron chi connectivity index (χ3n) is 5.03. The van der Waals surface area contributed by atoms with Crippen LogP contribution in [0.25, 0.3) is 11.8 Å². The fourth-order valence-corrected chi connectivity index (χ4v) is 5.46. The molecule has 1 atom stereocenters. The number of esters is 2. The Morgan fingerprint density at radius 1 is 1.21 bits per heavy atom. The maximum atomic E-state index is 13.5. The van der Waals surface area contributed by atoms with Crippen LogP contribution in [-0.4, -0.2) is 54.3 Å². The standard InChI is InChI=1S/C24H22N2O6S2/c1-4-31-19(27)13-32-17-10-6-5-9-16(17)21-20(23(29)30-3)14(2)25-24-26(21)22(28)18(34-24)12-15-8-7-11-33-15/h5-12,24H,4,13H2,1-3H3. The second kappa shape index (κ2) is 10.3.